The molecule has 7 heteroatoms. The van der Waals surface area contributed by atoms with Gasteiger partial charge >= 0.3 is 12.1 Å². The van der Waals surface area contributed by atoms with E-state index in [1.807, 2.05) is 5.32 Å². The maximum absolute atomic E-state index is 10.8. The van der Waals surface area contributed by atoms with Crippen LogP contribution >= 0.6 is 27.5 Å². The Bertz CT molecular complexity index is 435. The van der Waals surface area contributed by atoms with Gasteiger partial charge in [0, 0.05) is 4.47 Å². The molecule has 0 aliphatic carbocycles. The number of carboxylic acid groups (broad SMARTS) is 2. The fourth-order valence-corrected chi connectivity index (χ4v) is 1.56. The van der Waals surface area contributed by atoms with Crippen LogP contribution in [0.1, 0.15) is 10.4 Å². The second kappa shape index (κ2) is 4.50. The van der Waals surface area contributed by atoms with Crippen molar-refractivity contribution in [2.75, 3.05) is 5.32 Å². The van der Waals surface area contributed by atoms with Crippen molar-refractivity contribution in [3.8, 4) is 0 Å². The van der Waals surface area contributed by atoms with E-state index in [-0.39, 0.29) is 16.3 Å². The van der Waals surface area contributed by atoms with E-state index >= 15 is 0 Å². The van der Waals surface area contributed by atoms with Gasteiger partial charge in [-0.15, -0.1) is 0 Å². The molecule has 0 unspecified atom stereocenters. The summed E-state index contributed by atoms with van der Waals surface area (Å²) in [6, 6.07) is 2.77. The number of hydrogen-bond acceptors (Lipinski definition) is 2. The summed E-state index contributed by atoms with van der Waals surface area (Å²) in [5.41, 5.74) is -0.350. The Morgan fingerprint density at radius 3 is 2.40 bits per heavy atom. The van der Waals surface area contributed by atoms with Crippen LogP contribution in [0.3, 0.4) is 0 Å². The molecular weight excluding hydrogens is 289 g/mol. The molecule has 1 aromatic carbocycles. The van der Waals surface area contributed by atoms with E-state index in [4.69, 9.17) is 21.8 Å². The lowest BCUT2D eigenvalue weighted by Gasteiger charge is -2.08. The molecule has 0 aromatic heterocycles. The Labute approximate surface area is 97.8 Å². The van der Waals surface area contributed by atoms with Crippen LogP contribution in [0, 0.1) is 0 Å². The maximum atomic E-state index is 10.8. The molecule has 0 bridgehead atoms. The van der Waals surface area contributed by atoms with Crippen LogP contribution in [0.2, 0.25) is 5.02 Å². The lowest BCUT2D eigenvalue weighted by Crippen LogP contribution is -2.12. The number of aromatic carboxylic acids is 1. The van der Waals surface area contributed by atoms with Crippen LogP contribution in [-0.2, 0) is 0 Å². The average Bonchev–Trinajstić information content (AvgIpc) is 2.10. The average molecular weight is 294 g/mol. The second-order valence-electron chi connectivity index (χ2n) is 2.52. The Kier molecular flexibility index (Phi) is 3.54. The Hall–Kier alpha value is -1.27. The van der Waals surface area contributed by atoms with Gasteiger partial charge in [0.25, 0.3) is 0 Å². The molecule has 5 nitrogen and oxygen atoms in total. The van der Waals surface area contributed by atoms with Crippen LogP contribution in [-0.4, -0.2) is 22.3 Å². The van der Waals surface area contributed by atoms with Crippen molar-refractivity contribution < 1.29 is 19.8 Å². The summed E-state index contributed by atoms with van der Waals surface area (Å²) in [6.07, 6.45) is -1.35. The molecule has 0 aliphatic heterocycles. The normalized spacial score (nSPS) is 9.73. The first kappa shape index (κ1) is 11.8. The topological polar surface area (TPSA) is 86.6 Å². The monoisotopic (exact) mass is 293 g/mol. The molecule has 80 valence electrons. The van der Waals surface area contributed by atoms with Crippen molar-refractivity contribution in [3.63, 3.8) is 0 Å². The molecule has 0 aliphatic rings. The van der Waals surface area contributed by atoms with E-state index in [0.717, 1.165) is 0 Å². The molecule has 1 aromatic rings. The lowest BCUT2D eigenvalue weighted by molar-refractivity contribution is 0.0698. The first-order chi connectivity index (χ1) is 6.93. The minimum absolute atomic E-state index is 0.0475. The number of anilines is 1. The number of hydrogen-bond donors (Lipinski definition) is 3. The smallest absolute Gasteiger partial charge is 0.409 e. The summed E-state index contributed by atoms with van der Waals surface area (Å²) in [5.74, 6) is -1.30. The molecule has 1 amide bonds. The highest BCUT2D eigenvalue weighted by Crippen LogP contribution is 2.31. The van der Waals surface area contributed by atoms with Crippen LogP contribution in [0.25, 0.3) is 0 Å². The van der Waals surface area contributed by atoms with Gasteiger partial charge in [0.2, 0.25) is 0 Å². The van der Waals surface area contributed by atoms with E-state index in [1.54, 1.807) is 0 Å². The molecule has 15 heavy (non-hydrogen) atoms. The Balaban J connectivity index is 3.33. The standard InChI is InChI=1S/C8H5BrClNO4/c9-3-1-2-4(11-8(14)15)5(6(3)10)7(12)13/h1-2,11H,(H,12,13)(H,14,15). The fourth-order valence-electron chi connectivity index (χ4n) is 0.979. The van der Waals surface area contributed by atoms with E-state index in [0.29, 0.717) is 4.47 Å². The Morgan fingerprint density at radius 1 is 1.33 bits per heavy atom. The third-order valence-electron chi connectivity index (χ3n) is 1.55. The molecule has 0 fully saturated rings. The zero-order valence-electron chi connectivity index (χ0n) is 7.12. The van der Waals surface area contributed by atoms with Gasteiger partial charge < -0.3 is 10.2 Å². The number of carbonyl (C=O) groups is 2. The van der Waals surface area contributed by atoms with Crippen molar-refractivity contribution in [1.29, 1.82) is 0 Å². The summed E-state index contributed by atoms with van der Waals surface area (Å²) in [7, 11) is 0. The maximum Gasteiger partial charge on any atom is 0.409 e. The summed E-state index contributed by atoms with van der Waals surface area (Å²) in [5, 5.41) is 19.2. The van der Waals surface area contributed by atoms with Gasteiger partial charge in [-0.2, -0.15) is 0 Å². The molecule has 0 saturated carbocycles. The quantitative estimate of drug-likeness (QED) is 0.782. The number of carboxylic acids is 1. The second-order valence-corrected chi connectivity index (χ2v) is 3.75. The minimum atomic E-state index is -1.35. The summed E-state index contributed by atoms with van der Waals surface area (Å²) in [6.45, 7) is 0. The van der Waals surface area contributed by atoms with Crippen LogP contribution in [0.4, 0.5) is 10.5 Å². The molecule has 0 spiro atoms. The number of benzene rings is 1. The zero-order chi connectivity index (χ0) is 11.6. The van der Waals surface area contributed by atoms with Gasteiger partial charge in [-0.25, -0.2) is 9.59 Å². The number of amides is 1. The predicted molar refractivity (Wildman–Crippen MR) is 57.8 cm³/mol. The van der Waals surface area contributed by atoms with Crippen LogP contribution in [0.15, 0.2) is 16.6 Å². The van der Waals surface area contributed by atoms with Crippen LogP contribution < -0.4 is 5.32 Å². The highest BCUT2D eigenvalue weighted by molar-refractivity contribution is 9.10. The van der Waals surface area contributed by atoms with E-state index in [9.17, 15) is 9.59 Å². The molecule has 0 radical (unpaired) electrons. The minimum Gasteiger partial charge on any atom is -0.478 e. The number of halogens is 2. The first-order valence-electron chi connectivity index (χ1n) is 3.64. The zero-order valence-corrected chi connectivity index (χ0v) is 9.46. The third-order valence-corrected chi connectivity index (χ3v) is 2.83. The largest absolute Gasteiger partial charge is 0.478 e. The van der Waals surface area contributed by atoms with E-state index in [2.05, 4.69) is 15.9 Å². The fraction of sp³-hybridized carbons (Fsp3) is 0. The molecule has 0 heterocycles. The highest BCUT2D eigenvalue weighted by Gasteiger charge is 2.18. The summed E-state index contributed by atoms with van der Waals surface area (Å²) < 4.78 is 0.387. The van der Waals surface area contributed by atoms with Crippen molar-refractivity contribution in [2.45, 2.75) is 0 Å². The number of nitrogens with one attached hydrogen (secondary N) is 1. The summed E-state index contributed by atoms with van der Waals surface area (Å²) >= 11 is 8.76. The van der Waals surface area contributed by atoms with Crippen molar-refractivity contribution in [3.05, 3.63) is 27.2 Å². The first-order valence-corrected chi connectivity index (χ1v) is 4.82. The van der Waals surface area contributed by atoms with Gasteiger partial charge in [0.15, 0.2) is 0 Å². The van der Waals surface area contributed by atoms with Gasteiger partial charge in [0.05, 0.1) is 10.7 Å². The molecular formula is C8H5BrClNO4. The molecule has 3 N–H and O–H groups in total. The predicted octanol–water partition coefficient (Wildman–Crippen LogP) is 2.89. The van der Waals surface area contributed by atoms with Gasteiger partial charge in [-0.3, -0.25) is 5.32 Å². The van der Waals surface area contributed by atoms with Crippen molar-refractivity contribution in [1.82, 2.24) is 0 Å². The molecule has 0 atom stereocenters. The third kappa shape index (κ3) is 2.60. The lowest BCUT2D eigenvalue weighted by atomic mass is 10.2. The van der Waals surface area contributed by atoms with Crippen molar-refractivity contribution in [2.24, 2.45) is 0 Å². The van der Waals surface area contributed by atoms with Gasteiger partial charge in [-0.05, 0) is 28.1 Å². The Morgan fingerprint density at radius 2 is 1.93 bits per heavy atom. The SMILES string of the molecule is O=C(O)Nc1ccc(Br)c(Cl)c1C(=O)O. The highest BCUT2D eigenvalue weighted by atomic mass is 79.9. The molecule has 1 rings (SSSR count). The number of rotatable bonds is 2. The van der Waals surface area contributed by atoms with E-state index in [1.165, 1.54) is 12.1 Å². The van der Waals surface area contributed by atoms with E-state index < -0.39 is 12.1 Å². The van der Waals surface area contributed by atoms with Gasteiger partial charge in [-0.1, -0.05) is 11.6 Å². The van der Waals surface area contributed by atoms with Gasteiger partial charge in [0.1, 0.15) is 5.56 Å². The van der Waals surface area contributed by atoms with Crippen LogP contribution in [0.5, 0.6) is 0 Å². The summed E-state index contributed by atoms with van der Waals surface area (Å²) in [4.78, 5) is 21.2. The molecule has 0 saturated heterocycles. The van der Waals surface area contributed by atoms with Crippen molar-refractivity contribution >= 4 is 45.3 Å².